The predicted molar refractivity (Wildman–Crippen MR) is 83.2 cm³/mol. The Morgan fingerprint density at radius 3 is 2.73 bits per heavy atom. The fourth-order valence-electron chi connectivity index (χ4n) is 1.92. The van der Waals surface area contributed by atoms with Crippen molar-refractivity contribution in [2.24, 2.45) is 0 Å². The van der Waals surface area contributed by atoms with Crippen LogP contribution in [0.4, 0.5) is 11.4 Å². The van der Waals surface area contributed by atoms with Crippen LogP contribution in [0.5, 0.6) is 0 Å². The molecular formula is C15H13ClN2O4. The van der Waals surface area contributed by atoms with Crippen molar-refractivity contribution in [3.05, 3.63) is 68.7 Å². The Bertz CT molecular complexity index is 718. The van der Waals surface area contributed by atoms with Crippen LogP contribution in [0, 0.1) is 10.1 Å². The highest BCUT2D eigenvalue weighted by molar-refractivity contribution is 6.30. The van der Waals surface area contributed by atoms with Gasteiger partial charge in [0.1, 0.15) is 0 Å². The zero-order valence-corrected chi connectivity index (χ0v) is 12.5. The van der Waals surface area contributed by atoms with Crippen molar-refractivity contribution in [2.45, 2.75) is 6.54 Å². The van der Waals surface area contributed by atoms with Gasteiger partial charge in [0.05, 0.1) is 17.6 Å². The summed E-state index contributed by atoms with van der Waals surface area (Å²) < 4.78 is 4.66. The van der Waals surface area contributed by atoms with Gasteiger partial charge in [-0.15, -0.1) is 0 Å². The molecule has 0 atom stereocenters. The third-order valence-electron chi connectivity index (χ3n) is 2.99. The third kappa shape index (κ3) is 3.73. The second-order valence-electron chi connectivity index (χ2n) is 4.46. The van der Waals surface area contributed by atoms with Crippen LogP contribution in [-0.2, 0) is 11.3 Å². The molecule has 7 heteroatoms. The maximum absolute atomic E-state index is 11.8. The lowest BCUT2D eigenvalue weighted by molar-refractivity contribution is -0.384. The fraction of sp³-hybridized carbons (Fsp3) is 0.133. The molecule has 0 aliphatic heterocycles. The van der Waals surface area contributed by atoms with Crippen LogP contribution in [0.3, 0.4) is 0 Å². The molecule has 0 aliphatic rings. The number of carbonyl (C=O) groups is 1. The molecule has 2 aromatic carbocycles. The first-order valence-corrected chi connectivity index (χ1v) is 6.74. The zero-order chi connectivity index (χ0) is 16.1. The Kier molecular flexibility index (Phi) is 4.95. The Balaban J connectivity index is 2.26. The second-order valence-corrected chi connectivity index (χ2v) is 4.90. The van der Waals surface area contributed by atoms with Crippen molar-refractivity contribution in [3.63, 3.8) is 0 Å². The van der Waals surface area contributed by atoms with Gasteiger partial charge in [0.25, 0.3) is 5.69 Å². The number of rotatable bonds is 5. The summed E-state index contributed by atoms with van der Waals surface area (Å²) in [5.41, 5.74) is 1.31. The number of benzene rings is 2. The number of non-ortho nitro benzene ring substituents is 1. The van der Waals surface area contributed by atoms with E-state index in [4.69, 9.17) is 11.6 Å². The van der Waals surface area contributed by atoms with Crippen molar-refractivity contribution in [1.29, 1.82) is 0 Å². The molecule has 114 valence electrons. The number of methoxy groups -OCH3 is 1. The molecule has 0 fully saturated rings. The van der Waals surface area contributed by atoms with Crippen LogP contribution in [0.25, 0.3) is 0 Å². The highest BCUT2D eigenvalue weighted by atomic mass is 35.5. The summed E-state index contributed by atoms with van der Waals surface area (Å²) in [7, 11) is 1.22. The van der Waals surface area contributed by atoms with E-state index in [-0.39, 0.29) is 11.3 Å². The molecule has 0 saturated heterocycles. The molecule has 1 N–H and O–H groups in total. The molecule has 0 heterocycles. The molecule has 0 bridgehead atoms. The van der Waals surface area contributed by atoms with Crippen LogP contribution in [0.15, 0.2) is 42.5 Å². The summed E-state index contributed by atoms with van der Waals surface area (Å²) in [6.07, 6.45) is 0. The summed E-state index contributed by atoms with van der Waals surface area (Å²) in [5, 5.41) is 14.5. The molecular weight excluding hydrogens is 308 g/mol. The molecule has 2 aromatic rings. The quantitative estimate of drug-likeness (QED) is 0.516. The predicted octanol–water partition coefficient (Wildman–Crippen LogP) is 3.65. The second kappa shape index (κ2) is 6.91. The SMILES string of the molecule is COC(=O)c1cc([N+](=O)[O-])ccc1NCc1cccc(Cl)c1. The molecule has 6 nitrogen and oxygen atoms in total. The van der Waals surface area contributed by atoms with E-state index in [1.165, 1.54) is 25.3 Å². The number of halogens is 1. The summed E-state index contributed by atoms with van der Waals surface area (Å²) >= 11 is 5.91. The average molecular weight is 321 g/mol. The lowest BCUT2D eigenvalue weighted by Gasteiger charge is -2.11. The van der Waals surface area contributed by atoms with Gasteiger partial charge in [-0.3, -0.25) is 10.1 Å². The molecule has 2 rings (SSSR count). The van der Waals surface area contributed by atoms with E-state index in [0.29, 0.717) is 17.3 Å². The van der Waals surface area contributed by atoms with Crippen LogP contribution in [-0.4, -0.2) is 18.0 Å². The van der Waals surface area contributed by atoms with Crippen LogP contribution < -0.4 is 5.32 Å². The summed E-state index contributed by atoms with van der Waals surface area (Å²) in [5.74, 6) is -0.641. The monoisotopic (exact) mass is 320 g/mol. The van der Waals surface area contributed by atoms with E-state index in [9.17, 15) is 14.9 Å². The van der Waals surface area contributed by atoms with Gasteiger partial charge in [-0.05, 0) is 23.8 Å². The smallest absolute Gasteiger partial charge is 0.340 e. The minimum atomic E-state index is -0.641. The molecule has 22 heavy (non-hydrogen) atoms. The minimum Gasteiger partial charge on any atom is -0.465 e. The van der Waals surface area contributed by atoms with Crippen molar-refractivity contribution in [2.75, 3.05) is 12.4 Å². The molecule has 0 amide bonds. The number of esters is 1. The van der Waals surface area contributed by atoms with E-state index < -0.39 is 10.9 Å². The fourth-order valence-corrected chi connectivity index (χ4v) is 2.14. The highest BCUT2D eigenvalue weighted by Gasteiger charge is 2.17. The van der Waals surface area contributed by atoms with Gasteiger partial charge >= 0.3 is 5.97 Å². The van der Waals surface area contributed by atoms with E-state index in [2.05, 4.69) is 10.1 Å². The van der Waals surface area contributed by atoms with E-state index in [0.717, 1.165) is 5.56 Å². The van der Waals surface area contributed by atoms with Crippen molar-refractivity contribution in [3.8, 4) is 0 Å². The van der Waals surface area contributed by atoms with E-state index in [1.54, 1.807) is 12.1 Å². The molecule has 0 aromatic heterocycles. The van der Waals surface area contributed by atoms with Gasteiger partial charge in [0, 0.05) is 29.4 Å². The third-order valence-corrected chi connectivity index (χ3v) is 3.23. The number of nitrogens with one attached hydrogen (secondary N) is 1. The number of ether oxygens (including phenoxy) is 1. The molecule has 0 saturated carbocycles. The Hall–Kier alpha value is -2.60. The first-order valence-electron chi connectivity index (χ1n) is 6.36. The van der Waals surface area contributed by atoms with Gasteiger partial charge in [-0.25, -0.2) is 4.79 Å². The van der Waals surface area contributed by atoms with Gasteiger partial charge in [0.15, 0.2) is 0 Å². The van der Waals surface area contributed by atoms with Crippen molar-refractivity contribution >= 4 is 28.9 Å². The number of nitro groups is 1. The molecule has 0 spiro atoms. The summed E-state index contributed by atoms with van der Waals surface area (Å²) in [6.45, 7) is 0.419. The van der Waals surface area contributed by atoms with Crippen LogP contribution >= 0.6 is 11.6 Å². The van der Waals surface area contributed by atoms with E-state index in [1.807, 2.05) is 12.1 Å². The Morgan fingerprint density at radius 2 is 2.09 bits per heavy atom. The number of anilines is 1. The van der Waals surface area contributed by atoms with Gasteiger partial charge in [-0.2, -0.15) is 0 Å². The first-order chi connectivity index (χ1) is 10.5. The standard InChI is InChI=1S/C15H13ClN2O4/c1-22-15(19)13-8-12(18(20)21)5-6-14(13)17-9-10-3-2-4-11(16)7-10/h2-8,17H,9H2,1H3. The van der Waals surface area contributed by atoms with Crippen molar-refractivity contribution < 1.29 is 14.5 Å². The minimum absolute atomic E-state index is 0.110. The molecule has 0 radical (unpaired) electrons. The summed E-state index contributed by atoms with van der Waals surface area (Å²) in [4.78, 5) is 22.0. The number of nitro benzene ring substituents is 1. The largest absolute Gasteiger partial charge is 0.465 e. The topological polar surface area (TPSA) is 81.5 Å². The first kappa shape index (κ1) is 15.8. The van der Waals surface area contributed by atoms with Crippen LogP contribution in [0.1, 0.15) is 15.9 Å². The maximum Gasteiger partial charge on any atom is 0.340 e. The molecule has 0 aliphatic carbocycles. The van der Waals surface area contributed by atoms with Crippen LogP contribution in [0.2, 0.25) is 5.02 Å². The maximum atomic E-state index is 11.8. The lowest BCUT2D eigenvalue weighted by Crippen LogP contribution is -2.09. The molecule has 0 unspecified atom stereocenters. The Morgan fingerprint density at radius 1 is 1.32 bits per heavy atom. The number of hydrogen-bond acceptors (Lipinski definition) is 5. The average Bonchev–Trinajstić information content (AvgIpc) is 2.52. The van der Waals surface area contributed by atoms with E-state index >= 15 is 0 Å². The zero-order valence-electron chi connectivity index (χ0n) is 11.7. The number of carbonyl (C=O) groups excluding carboxylic acids is 1. The van der Waals surface area contributed by atoms with Crippen molar-refractivity contribution in [1.82, 2.24) is 0 Å². The summed E-state index contributed by atoms with van der Waals surface area (Å²) in [6, 6.07) is 11.2. The van der Waals surface area contributed by atoms with Gasteiger partial charge < -0.3 is 10.1 Å². The number of hydrogen-bond donors (Lipinski definition) is 1. The van der Waals surface area contributed by atoms with Gasteiger partial charge in [-0.1, -0.05) is 23.7 Å². The highest BCUT2D eigenvalue weighted by Crippen LogP contribution is 2.24. The van der Waals surface area contributed by atoms with Gasteiger partial charge in [0.2, 0.25) is 0 Å². The normalized spacial score (nSPS) is 10.1. The Labute approximate surface area is 131 Å². The lowest BCUT2D eigenvalue weighted by atomic mass is 10.1. The number of nitrogens with zero attached hydrogens (tertiary/aromatic N) is 1.